The molecule has 0 bridgehead atoms. The van der Waals surface area contributed by atoms with Crippen LogP contribution in [0.15, 0.2) is 77.7 Å². The van der Waals surface area contributed by atoms with Crippen LogP contribution in [-0.4, -0.2) is 25.2 Å². The average Bonchev–Trinajstić information content (AvgIpc) is 2.79. The lowest BCUT2D eigenvalue weighted by molar-refractivity contribution is -0.119. The zero-order valence-corrected chi connectivity index (χ0v) is 16.6. The maximum atomic E-state index is 14.1. The number of hydrogen-bond donors (Lipinski definition) is 0. The Morgan fingerprint density at radius 2 is 1.60 bits per heavy atom. The van der Waals surface area contributed by atoms with Gasteiger partial charge in [0.05, 0.1) is 18.8 Å². The van der Waals surface area contributed by atoms with Crippen molar-refractivity contribution in [1.82, 2.24) is 4.31 Å². The van der Waals surface area contributed by atoms with Gasteiger partial charge in [0.1, 0.15) is 16.5 Å². The van der Waals surface area contributed by atoms with E-state index in [1.807, 2.05) is 0 Å². The minimum atomic E-state index is -4.07. The highest BCUT2D eigenvalue weighted by Crippen LogP contribution is 2.33. The molecule has 0 atom stereocenters. The van der Waals surface area contributed by atoms with E-state index in [-0.39, 0.29) is 29.2 Å². The second-order valence-electron chi connectivity index (χ2n) is 6.94. The van der Waals surface area contributed by atoms with Crippen LogP contribution in [-0.2, 0) is 27.9 Å². The summed E-state index contributed by atoms with van der Waals surface area (Å²) in [7, 11) is -4.07. The third-order valence-corrected chi connectivity index (χ3v) is 6.76. The second-order valence-corrected chi connectivity index (χ2v) is 8.85. The molecule has 5 nitrogen and oxygen atoms in total. The highest BCUT2D eigenvalue weighted by Gasteiger charge is 2.36. The van der Waals surface area contributed by atoms with Crippen LogP contribution in [0.25, 0.3) is 0 Å². The van der Waals surface area contributed by atoms with Crippen molar-refractivity contribution in [3.05, 3.63) is 95.6 Å². The van der Waals surface area contributed by atoms with Crippen molar-refractivity contribution in [2.75, 3.05) is 11.4 Å². The molecule has 0 N–H and O–H groups in total. The summed E-state index contributed by atoms with van der Waals surface area (Å²) in [5.74, 6) is -1.48. The van der Waals surface area contributed by atoms with Crippen LogP contribution in [0.5, 0.6) is 0 Å². The fourth-order valence-electron chi connectivity index (χ4n) is 3.44. The number of para-hydroxylation sites is 1. The van der Waals surface area contributed by atoms with Gasteiger partial charge in [-0.3, -0.25) is 4.79 Å². The number of fused-ring (bicyclic) bond motifs is 1. The molecule has 1 aliphatic heterocycles. The summed E-state index contributed by atoms with van der Waals surface area (Å²) in [6, 6.07) is 17.8. The van der Waals surface area contributed by atoms with Crippen LogP contribution >= 0.6 is 0 Å². The van der Waals surface area contributed by atoms with Gasteiger partial charge in [-0.2, -0.15) is 4.31 Å². The van der Waals surface area contributed by atoms with Gasteiger partial charge in [0.25, 0.3) is 0 Å². The van der Waals surface area contributed by atoms with Gasteiger partial charge in [0.15, 0.2) is 0 Å². The minimum Gasteiger partial charge on any atom is -0.305 e. The fraction of sp³-hybridized carbons (Fsp3) is 0.136. The number of nitrogens with zero attached hydrogens (tertiary/aromatic N) is 2. The molecule has 0 aliphatic carbocycles. The number of sulfonamides is 1. The molecule has 1 aliphatic rings. The topological polar surface area (TPSA) is 57.7 Å². The number of hydrogen-bond acceptors (Lipinski definition) is 3. The maximum absolute atomic E-state index is 14.1. The van der Waals surface area contributed by atoms with Crippen molar-refractivity contribution < 1.29 is 22.0 Å². The van der Waals surface area contributed by atoms with E-state index in [2.05, 4.69) is 0 Å². The lowest BCUT2D eigenvalue weighted by Gasteiger charge is -2.22. The minimum absolute atomic E-state index is 0.0106. The van der Waals surface area contributed by atoms with E-state index in [1.165, 1.54) is 53.4 Å². The molecule has 0 aromatic heterocycles. The monoisotopic (exact) mass is 428 g/mol. The van der Waals surface area contributed by atoms with Gasteiger partial charge in [-0.25, -0.2) is 17.2 Å². The molecular formula is C22H18F2N2O3S. The quantitative estimate of drug-likeness (QED) is 0.637. The summed E-state index contributed by atoms with van der Waals surface area (Å²) in [5.41, 5.74) is 0.908. The molecule has 0 radical (unpaired) electrons. The summed E-state index contributed by atoms with van der Waals surface area (Å²) in [4.78, 5) is 14.3. The molecule has 0 saturated heterocycles. The SMILES string of the molecule is O=C1CN(Cc2ccccc2F)S(=O)(=O)c2ccccc2N1Cc1cccc(F)c1. The molecule has 154 valence electrons. The van der Waals surface area contributed by atoms with E-state index in [0.717, 1.165) is 4.31 Å². The van der Waals surface area contributed by atoms with E-state index in [9.17, 15) is 22.0 Å². The van der Waals surface area contributed by atoms with E-state index < -0.39 is 34.1 Å². The fourth-order valence-corrected chi connectivity index (χ4v) is 5.00. The lowest BCUT2D eigenvalue weighted by Crippen LogP contribution is -2.39. The van der Waals surface area contributed by atoms with Crippen LogP contribution in [0.2, 0.25) is 0 Å². The number of rotatable bonds is 4. The molecule has 1 heterocycles. The Hall–Kier alpha value is -3.10. The van der Waals surface area contributed by atoms with E-state index in [0.29, 0.717) is 5.56 Å². The number of benzene rings is 3. The molecule has 0 saturated carbocycles. The van der Waals surface area contributed by atoms with Gasteiger partial charge in [-0.1, -0.05) is 42.5 Å². The standard InChI is InChI=1S/C22H18F2N2O3S/c23-18-8-5-6-16(12-18)13-26-20-10-3-4-11-21(20)30(28,29)25(15-22(26)27)14-17-7-1-2-9-19(17)24/h1-12H,13-15H2. The van der Waals surface area contributed by atoms with Crippen LogP contribution in [0, 0.1) is 11.6 Å². The Morgan fingerprint density at radius 3 is 2.37 bits per heavy atom. The van der Waals surface area contributed by atoms with Crippen molar-refractivity contribution in [1.29, 1.82) is 0 Å². The van der Waals surface area contributed by atoms with Gasteiger partial charge in [-0.05, 0) is 35.9 Å². The first kappa shape index (κ1) is 20.2. The number of carbonyl (C=O) groups is 1. The second kappa shape index (κ2) is 7.97. The first-order valence-electron chi connectivity index (χ1n) is 9.23. The van der Waals surface area contributed by atoms with Gasteiger partial charge in [-0.15, -0.1) is 0 Å². The van der Waals surface area contributed by atoms with Crippen LogP contribution < -0.4 is 4.90 Å². The zero-order valence-electron chi connectivity index (χ0n) is 15.8. The largest absolute Gasteiger partial charge is 0.305 e. The van der Waals surface area contributed by atoms with Crippen LogP contribution in [0.3, 0.4) is 0 Å². The van der Waals surface area contributed by atoms with E-state index in [4.69, 9.17) is 0 Å². The van der Waals surface area contributed by atoms with Crippen molar-refractivity contribution in [2.45, 2.75) is 18.0 Å². The summed E-state index contributed by atoms with van der Waals surface area (Å²) in [6.45, 7) is -0.722. The number of carbonyl (C=O) groups excluding carboxylic acids is 1. The van der Waals surface area contributed by atoms with Crippen LogP contribution in [0.1, 0.15) is 11.1 Å². The number of anilines is 1. The number of halogens is 2. The normalized spacial score (nSPS) is 16.2. The van der Waals surface area contributed by atoms with Gasteiger partial charge in [0, 0.05) is 12.1 Å². The molecule has 3 aromatic rings. The Balaban J connectivity index is 1.76. The maximum Gasteiger partial charge on any atom is 0.245 e. The summed E-state index contributed by atoms with van der Waals surface area (Å²) in [6.07, 6.45) is 0. The zero-order chi connectivity index (χ0) is 21.3. The smallest absolute Gasteiger partial charge is 0.245 e. The Kier molecular flexibility index (Phi) is 5.36. The molecule has 0 fully saturated rings. The molecule has 8 heteroatoms. The molecular weight excluding hydrogens is 410 g/mol. The van der Waals surface area contributed by atoms with Gasteiger partial charge in [0.2, 0.25) is 15.9 Å². The summed E-state index contributed by atoms with van der Waals surface area (Å²) >= 11 is 0. The summed E-state index contributed by atoms with van der Waals surface area (Å²) in [5, 5.41) is 0. The lowest BCUT2D eigenvalue weighted by atomic mass is 10.2. The van der Waals surface area contributed by atoms with Crippen molar-refractivity contribution in [2.24, 2.45) is 0 Å². The third-order valence-electron chi connectivity index (χ3n) is 4.92. The summed E-state index contributed by atoms with van der Waals surface area (Å²) < 4.78 is 55.3. The first-order chi connectivity index (χ1) is 14.4. The molecule has 1 amide bonds. The van der Waals surface area contributed by atoms with Crippen molar-refractivity contribution >= 4 is 21.6 Å². The number of amides is 1. The molecule has 0 spiro atoms. The van der Waals surface area contributed by atoms with E-state index >= 15 is 0 Å². The highest BCUT2D eigenvalue weighted by atomic mass is 32.2. The molecule has 0 unspecified atom stereocenters. The highest BCUT2D eigenvalue weighted by molar-refractivity contribution is 7.89. The third kappa shape index (κ3) is 3.83. The van der Waals surface area contributed by atoms with Gasteiger partial charge >= 0.3 is 0 Å². The molecule has 30 heavy (non-hydrogen) atoms. The van der Waals surface area contributed by atoms with E-state index in [1.54, 1.807) is 24.3 Å². The van der Waals surface area contributed by atoms with Gasteiger partial charge < -0.3 is 4.90 Å². The average molecular weight is 428 g/mol. The van der Waals surface area contributed by atoms with Crippen molar-refractivity contribution in [3.63, 3.8) is 0 Å². The molecule has 4 rings (SSSR count). The van der Waals surface area contributed by atoms with Crippen molar-refractivity contribution in [3.8, 4) is 0 Å². The molecule has 3 aromatic carbocycles. The Labute approximate surface area is 173 Å². The Morgan fingerprint density at radius 1 is 0.867 bits per heavy atom. The predicted octanol–water partition coefficient (Wildman–Crippen LogP) is 3.70. The first-order valence-corrected chi connectivity index (χ1v) is 10.7. The van der Waals surface area contributed by atoms with Crippen LogP contribution in [0.4, 0.5) is 14.5 Å². The Bertz CT molecular complexity index is 1210. The predicted molar refractivity (Wildman–Crippen MR) is 108 cm³/mol.